The molecule has 1 aromatic carbocycles. The molecule has 2 atom stereocenters. The molecule has 136 valence electrons. The van der Waals surface area contributed by atoms with Gasteiger partial charge in [0.05, 0.1) is 6.04 Å². The van der Waals surface area contributed by atoms with Crippen molar-refractivity contribution in [3.63, 3.8) is 0 Å². The number of carbonyl (C=O) groups is 1. The van der Waals surface area contributed by atoms with Crippen molar-refractivity contribution in [1.82, 2.24) is 15.5 Å². The standard InChI is InChI=1S/C17H27ClN4O.HI/c1-6-12(2)20-17(19-11-16(23)22(4)5)21-13(3)14-9-7-8-10-15(14)18;/h7-10,12-13H,6,11H2,1-5H3,(H2,19,20,21);1H. The number of hydrogen-bond acceptors (Lipinski definition) is 2. The molecule has 1 amide bonds. The van der Waals surface area contributed by atoms with Gasteiger partial charge in [-0.05, 0) is 31.9 Å². The third kappa shape index (κ3) is 7.70. The first-order valence-electron chi connectivity index (χ1n) is 7.87. The van der Waals surface area contributed by atoms with E-state index in [4.69, 9.17) is 11.6 Å². The molecule has 0 fully saturated rings. The highest BCUT2D eigenvalue weighted by atomic mass is 127. The number of guanidine groups is 1. The van der Waals surface area contributed by atoms with E-state index in [9.17, 15) is 4.79 Å². The Labute approximate surface area is 167 Å². The Balaban J connectivity index is 0.00000529. The van der Waals surface area contributed by atoms with Crippen molar-refractivity contribution in [3.8, 4) is 0 Å². The van der Waals surface area contributed by atoms with Crippen LogP contribution in [0.2, 0.25) is 5.02 Å². The van der Waals surface area contributed by atoms with Crippen LogP contribution in [-0.2, 0) is 4.79 Å². The normalized spacial score (nSPS) is 13.5. The molecular formula is C17H28ClIN4O. The first kappa shape index (κ1) is 23.0. The Kier molecular flexibility index (Phi) is 11.0. The fraction of sp³-hybridized carbons (Fsp3) is 0.529. The number of halogens is 2. The lowest BCUT2D eigenvalue weighted by molar-refractivity contribution is -0.127. The highest BCUT2D eigenvalue weighted by Crippen LogP contribution is 2.21. The maximum atomic E-state index is 11.8. The van der Waals surface area contributed by atoms with Gasteiger partial charge in [0.1, 0.15) is 6.54 Å². The number of likely N-dealkylation sites (N-methyl/N-ethyl adjacent to an activating group) is 1. The smallest absolute Gasteiger partial charge is 0.243 e. The zero-order chi connectivity index (χ0) is 17.4. The topological polar surface area (TPSA) is 56.7 Å². The predicted octanol–water partition coefficient (Wildman–Crippen LogP) is 3.44. The zero-order valence-corrected chi connectivity index (χ0v) is 18.1. The van der Waals surface area contributed by atoms with E-state index in [1.54, 1.807) is 14.1 Å². The van der Waals surface area contributed by atoms with Gasteiger partial charge in [0, 0.05) is 25.2 Å². The average Bonchev–Trinajstić information content (AvgIpc) is 2.52. The van der Waals surface area contributed by atoms with Crippen LogP contribution in [0.3, 0.4) is 0 Å². The highest BCUT2D eigenvalue weighted by molar-refractivity contribution is 14.0. The van der Waals surface area contributed by atoms with Gasteiger partial charge in [0.15, 0.2) is 5.96 Å². The third-order valence-electron chi connectivity index (χ3n) is 3.59. The first-order chi connectivity index (χ1) is 10.8. The van der Waals surface area contributed by atoms with Gasteiger partial charge in [-0.3, -0.25) is 4.79 Å². The van der Waals surface area contributed by atoms with Crippen LogP contribution in [0.25, 0.3) is 0 Å². The van der Waals surface area contributed by atoms with Crippen molar-refractivity contribution < 1.29 is 4.79 Å². The number of benzene rings is 1. The van der Waals surface area contributed by atoms with E-state index in [0.717, 1.165) is 12.0 Å². The second-order valence-corrected chi connectivity index (χ2v) is 6.20. The van der Waals surface area contributed by atoms with E-state index in [0.29, 0.717) is 11.0 Å². The summed E-state index contributed by atoms with van der Waals surface area (Å²) in [4.78, 5) is 17.7. The van der Waals surface area contributed by atoms with Gasteiger partial charge in [0.25, 0.3) is 0 Å². The van der Waals surface area contributed by atoms with E-state index in [-0.39, 0.29) is 48.5 Å². The molecule has 0 radical (unpaired) electrons. The number of nitrogens with one attached hydrogen (secondary N) is 2. The largest absolute Gasteiger partial charge is 0.354 e. The highest BCUT2D eigenvalue weighted by Gasteiger charge is 2.13. The Bertz CT molecular complexity index is 551. The molecule has 0 aliphatic rings. The Morgan fingerprint density at radius 3 is 2.42 bits per heavy atom. The fourth-order valence-electron chi connectivity index (χ4n) is 1.87. The summed E-state index contributed by atoms with van der Waals surface area (Å²) in [5, 5.41) is 7.33. The van der Waals surface area contributed by atoms with Gasteiger partial charge in [-0.15, -0.1) is 24.0 Å². The number of aliphatic imine (C=N–C) groups is 1. The molecule has 1 rings (SSSR count). The molecule has 0 bridgehead atoms. The number of nitrogens with zero attached hydrogens (tertiary/aromatic N) is 2. The molecule has 0 spiro atoms. The van der Waals surface area contributed by atoms with E-state index in [1.165, 1.54) is 4.90 Å². The molecule has 0 heterocycles. The van der Waals surface area contributed by atoms with E-state index >= 15 is 0 Å². The lowest BCUT2D eigenvalue weighted by atomic mass is 10.1. The second-order valence-electron chi connectivity index (χ2n) is 5.79. The molecule has 7 heteroatoms. The molecule has 2 unspecified atom stereocenters. The van der Waals surface area contributed by atoms with Gasteiger partial charge in [-0.25, -0.2) is 4.99 Å². The summed E-state index contributed by atoms with van der Waals surface area (Å²) in [7, 11) is 3.44. The van der Waals surface area contributed by atoms with Gasteiger partial charge in [-0.1, -0.05) is 36.7 Å². The predicted molar refractivity (Wildman–Crippen MR) is 112 cm³/mol. The number of amides is 1. The van der Waals surface area contributed by atoms with Gasteiger partial charge < -0.3 is 15.5 Å². The lowest BCUT2D eigenvalue weighted by Gasteiger charge is -2.22. The van der Waals surface area contributed by atoms with Crippen LogP contribution in [0.15, 0.2) is 29.3 Å². The van der Waals surface area contributed by atoms with Crippen LogP contribution >= 0.6 is 35.6 Å². The van der Waals surface area contributed by atoms with Crippen LogP contribution in [0, 0.1) is 0 Å². The zero-order valence-electron chi connectivity index (χ0n) is 15.0. The van der Waals surface area contributed by atoms with E-state index in [2.05, 4.69) is 29.5 Å². The molecule has 0 aromatic heterocycles. The summed E-state index contributed by atoms with van der Waals surface area (Å²) in [5.74, 6) is 0.572. The minimum Gasteiger partial charge on any atom is -0.354 e. The maximum absolute atomic E-state index is 11.8. The van der Waals surface area contributed by atoms with Crippen LogP contribution < -0.4 is 10.6 Å². The van der Waals surface area contributed by atoms with Crippen LogP contribution in [-0.4, -0.2) is 43.4 Å². The van der Waals surface area contributed by atoms with Crippen molar-refractivity contribution >= 4 is 47.4 Å². The summed E-state index contributed by atoms with van der Waals surface area (Å²) in [5.41, 5.74) is 0.992. The van der Waals surface area contributed by atoms with Crippen LogP contribution in [0.1, 0.15) is 38.8 Å². The van der Waals surface area contributed by atoms with Gasteiger partial charge in [0.2, 0.25) is 5.91 Å². The maximum Gasteiger partial charge on any atom is 0.243 e. The molecule has 0 saturated carbocycles. The fourth-order valence-corrected chi connectivity index (χ4v) is 2.17. The Hall–Kier alpha value is -1.02. The molecule has 24 heavy (non-hydrogen) atoms. The summed E-state index contributed by atoms with van der Waals surface area (Å²) in [6.07, 6.45) is 0.961. The monoisotopic (exact) mass is 466 g/mol. The van der Waals surface area contributed by atoms with Crippen molar-refractivity contribution in [3.05, 3.63) is 34.9 Å². The molecule has 0 saturated heterocycles. The Morgan fingerprint density at radius 2 is 1.88 bits per heavy atom. The quantitative estimate of drug-likeness (QED) is 0.384. The Morgan fingerprint density at radius 1 is 1.25 bits per heavy atom. The lowest BCUT2D eigenvalue weighted by Crippen LogP contribution is -2.43. The first-order valence-corrected chi connectivity index (χ1v) is 8.25. The summed E-state index contributed by atoms with van der Waals surface area (Å²) in [6, 6.07) is 7.94. The SMILES string of the molecule is CCC(C)NC(=NCC(=O)N(C)C)NC(C)c1ccccc1Cl.I. The van der Waals surface area contributed by atoms with Crippen LogP contribution in [0.4, 0.5) is 0 Å². The van der Waals surface area contributed by atoms with E-state index in [1.807, 2.05) is 31.2 Å². The molecule has 1 aromatic rings. The summed E-state index contributed by atoms with van der Waals surface area (Å²) < 4.78 is 0. The van der Waals surface area contributed by atoms with Crippen molar-refractivity contribution in [2.24, 2.45) is 4.99 Å². The average molecular weight is 467 g/mol. The van der Waals surface area contributed by atoms with Crippen molar-refractivity contribution in [2.75, 3.05) is 20.6 Å². The van der Waals surface area contributed by atoms with Crippen molar-refractivity contribution in [2.45, 2.75) is 39.3 Å². The van der Waals surface area contributed by atoms with Gasteiger partial charge >= 0.3 is 0 Å². The van der Waals surface area contributed by atoms with E-state index < -0.39 is 0 Å². The molecule has 5 nitrogen and oxygen atoms in total. The minimum atomic E-state index is -0.0411. The van der Waals surface area contributed by atoms with Crippen molar-refractivity contribution in [1.29, 1.82) is 0 Å². The van der Waals surface area contributed by atoms with Crippen LogP contribution in [0.5, 0.6) is 0 Å². The number of hydrogen-bond donors (Lipinski definition) is 2. The minimum absolute atomic E-state index is 0. The second kappa shape index (κ2) is 11.5. The number of carbonyl (C=O) groups excluding carboxylic acids is 1. The summed E-state index contributed by atoms with van der Waals surface area (Å²) >= 11 is 6.24. The molecule has 0 aliphatic carbocycles. The molecular weight excluding hydrogens is 439 g/mol. The molecule has 0 aliphatic heterocycles. The third-order valence-corrected chi connectivity index (χ3v) is 3.94. The van der Waals surface area contributed by atoms with Gasteiger partial charge in [-0.2, -0.15) is 0 Å². The number of rotatable bonds is 6. The summed E-state index contributed by atoms with van der Waals surface area (Å²) in [6.45, 7) is 6.29. The molecule has 2 N–H and O–H groups in total.